The molecule has 0 aliphatic rings. The van der Waals surface area contributed by atoms with E-state index in [1.807, 2.05) is 12.1 Å². The summed E-state index contributed by atoms with van der Waals surface area (Å²) in [5.74, 6) is 0. The number of hydrogen-bond acceptors (Lipinski definition) is 2. The van der Waals surface area contributed by atoms with Crippen molar-refractivity contribution in [1.82, 2.24) is 0 Å². The second kappa shape index (κ2) is 13.9. The molecular weight excluding hydrogens is 727 g/mol. The Balaban J connectivity index is 0.981. The van der Waals surface area contributed by atoms with Crippen LogP contribution >= 0.6 is 0 Å². The lowest BCUT2D eigenvalue weighted by atomic mass is 9.90. The number of anilines is 3. The summed E-state index contributed by atoms with van der Waals surface area (Å²) in [5.41, 5.74) is 12.1. The average Bonchev–Trinajstić information content (AvgIpc) is 3.71. The zero-order valence-electron chi connectivity index (χ0n) is 32.7. The molecule has 0 aliphatic carbocycles. The van der Waals surface area contributed by atoms with Crippen LogP contribution in [0.5, 0.6) is 0 Å². The first-order valence-corrected chi connectivity index (χ1v) is 20.6. The Morgan fingerprint density at radius 1 is 0.267 bits per heavy atom. The molecule has 0 saturated heterocycles. The van der Waals surface area contributed by atoms with E-state index in [1.165, 1.54) is 65.3 Å². The number of benzene rings is 11. The minimum Gasteiger partial charge on any atom is -0.456 e. The maximum atomic E-state index is 6.25. The van der Waals surface area contributed by atoms with Crippen LogP contribution in [0.4, 0.5) is 17.1 Å². The highest BCUT2D eigenvalue weighted by atomic mass is 16.3. The van der Waals surface area contributed by atoms with Crippen LogP contribution in [-0.2, 0) is 0 Å². The van der Waals surface area contributed by atoms with Gasteiger partial charge < -0.3 is 9.32 Å². The van der Waals surface area contributed by atoms with Gasteiger partial charge in [-0.15, -0.1) is 0 Å². The Morgan fingerprint density at radius 2 is 0.817 bits per heavy atom. The van der Waals surface area contributed by atoms with Gasteiger partial charge in [0.25, 0.3) is 0 Å². The van der Waals surface area contributed by atoms with Crippen LogP contribution in [0.1, 0.15) is 0 Å². The van der Waals surface area contributed by atoms with E-state index >= 15 is 0 Å². The van der Waals surface area contributed by atoms with E-state index in [0.29, 0.717) is 0 Å². The third kappa shape index (κ3) is 5.57. The third-order valence-electron chi connectivity index (χ3n) is 12.2. The predicted octanol–water partition coefficient (Wildman–Crippen LogP) is 16.7. The van der Waals surface area contributed by atoms with E-state index in [0.717, 1.165) is 50.1 Å². The van der Waals surface area contributed by atoms with Gasteiger partial charge in [-0.1, -0.05) is 176 Å². The lowest BCUT2D eigenvalue weighted by Crippen LogP contribution is -2.10. The van der Waals surface area contributed by atoms with Crippen molar-refractivity contribution < 1.29 is 4.42 Å². The van der Waals surface area contributed by atoms with Crippen LogP contribution in [0.2, 0.25) is 0 Å². The first-order valence-electron chi connectivity index (χ1n) is 20.6. The maximum absolute atomic E-state index is 6.25. The minimum atomic E-state index is 0.901. The van der Waals surface area contributed by atoms with Crippen molar-refractivity contribution in [3.63, 3.8) is 0 Å². The number of rotatable bonds is 6. The Hall–Kier alpha value is -7.94. The number of furan rings is 1. The highest BCUT2D eigenvalue weighted by molar-refractivity contribution is 6.28. The molecule has 0 N–H and O–H groups in total. The normalized spacial score (nSPS) is 11.7. The van der Waals surface area contributed by atoms with Crippen LogP contribution in [-0.4, -0.2) is 0 Å². The smallest absolute Gasteiger partial charge is 0.136 e. The maximum Gasteiger partial charge on any atom is 0.136 e. The molecule has 11 aromatic carbocycles. The average molecular weight is 764 g/mol. The lowest BCUT2D eigenvalue weighted by Gasteiger charge is -2.26. The third-order valence-corrected chi connectivity index (χ3v) is 12.2. The van der Waals surface area contributed by atoms with E-state index in [9.17, 15) is 0 Å². The van der Waals surface area contributed by atoms with E-state index in [4.69, 9.17) is 4.42 Å². The number of para-hydroxylation sites is 1. The van der Waals surface area contributed by atoms with Gasteiger partial charge in [0.1, 0.15) is 11.2 Å². The summed E-state index contributed by atoms with van der Waals surface area (Å²) in [6.45, 7) is 0. The molecule has 2 heteroatoms. The first-order chi connectivity index (χ1) is 29.7. The van der Waals surface area contributed by atoms with E-state index in [-0.39, 0.29) is 0 Å². The summed E-state index contributed by atoms with van der Waals surface area (Å²) in [6, 6.07) is 81.2. The molecule has 1 heterocycles. The first kappa shape index (κ1) is 34.1. The molecule has 0 spiro atoms. The lowest BCUT2D eigenvalue weighted by molar-refractivity contribution is 0.669. The summed E-state index contributed by atoms with van der Waals surface area (Å²) in [5, 5.41) is 12.5. The second-order valence-corrected chi connectivity index (χ2v) is 15.6. The van der Waals surface area contributed by atoms with Crippen molar-refractivity contribution in [2.45, 2.75) is 0 Å². The molecule has 2 nitrogen and oxygen atoms in total. The zero-order chi connectivity index (χ0) is 39.6. The van der Waals surface area contributed by atoms with Gasteiger partial charge in [0.15, 0.2) is 0 Å². The fraction of sp³-hybridized carbons (Fsp3) is 0. The minimum absolute atomic E-state index is 0.901. The Kier molecular flexibility index (Phi) is 7.89. The van der Waals surface area contributed by atoms with Crippen LogP contribution in [0.3, 0.4) is 0 Å². The summed E-state index contributed by atoms with van der Waals surface area (Å²) < 4.78 is 6.25. The van der Waals surface area contributed by atoms with Crippen molar-refractivity contribution in [2.75, 3.05) is 4.90 Å². The molecule has 0 fully saturated rings. The summed E-state index contributed by atoms with van der Waals surface area (Å²) in [4.78, 5) is 2.36. The fourth-order valence-electron chi connectivity index (χ4n) is 9.43. The number of hydrogen-bond donors (Lipinski definition) is 0. The SMILES string of the molecule is c1ccc(-c2cccc(N(c3ccc(-c4cccc5c4ccc4ccc6ccc7ccccc7c6c45)cc3)c3ccc(-c4cccc5oc6ccccc6c45)cc3)c2)cc1. The van der Waals surface area contributed by atoms with Crippen molar-refractivity contribution in [3.05, 3.63) is 224 Å². The van der Waals surface area contributed by atoms with Gasteiger partial charge >= 0.3 is 0 Å². The monoisotopic (exact) mass is 763 g/mol. The van der Waals surface area contributed by atoms with E-state index in [1.54, 1.807) is 0 Å². The largest absolute Gasteiger partial charge is 0.456 e. The highest BCUT2D eigenvalue weighted by Gasteiger charge is 2.17. The fourth-order valence-corrected chi connectivity index (χ4v) is 9.43. The van der Waals surface area contributed by atoms with E-state index < -0.39 is 0 Å². The van der Waals surface area contributed by atoms with Crippen LogP contribution in [0.25, 0.3) is 98.4 Å². The molecule has 0 saturated carbocycles. The van der Waals surface area contributed by atoms with Gasteiger partial charge in [0, 0.05) is 27.8 Å². The Morgan fingerprint density at radius 3 is 1.60 bits per heavy atom. The molecular formula is C58H37NO. The molecule has 280 valence electrons. The van der Waals surface area contributed by atoms with Crippen LogP contribution < -0.4 is 4.90 Å². The number of nitrogens with zero attached hydrogens (tertiary/aromatic N) is 1. The predicted molar refractivity (Wildman–Crippen MR) is 255 cm³/mol. The number of fused-ring (bicyclic) bond motifs is 10. The Bertz CT molecular complexity index is 3580. The van der Waals surface area contributed by atoms with E-state index in [2.05, 4.69) is 217 Å². The van der Waals surface area contributed by atoms with Crippen LogP contribution in [0.15, 0.2) is 229 Å². The quantitative estimate of drug-likeness (QED) is 0.157. The standard InChI is InChI=1S/C58H37NO/c1-2-11-38(12-3-1)44-14-8-15-47(37-44)59(46-34-29-41(30-35-46)50-19-10-22-55-58(50)53-17-6-7-21-54(53)60-55)45-32-27-40(28-33-45)48-18-9-20-52-51(48)36-31-43-26-25-42-24-23-39-13-4-5-16-49(39)56(42)57(43)52/h1-37H. The van der Waals surface area contributed by atoms with Gasteiger partial charge in [-0.25, -0.2) is 0 Å². The molecule has 0 radical (unpaired) electrons. The summed E-state index contributed by atoms with van der Waals surface area (Å²) in [7, 11) is 0. The molecule has 0 bridgehead atoms. The van der Waals surface area contributed by atoms with Gasteiger partial charge in [-0.2, -0.15) is 0 Å². The second-order valence-electron chi connectivity index (χ2n) is 15.6. The molecule has 0 atom stereocenters. The molecule has 60 heavy (non-hydrogen) atoms. The van der Waals surface area contributed by atoms with Gasteiger partial charge in [-0.05, 0) is 125 Å². The molecule has 0 aliphatic heterocycles. The van der Waals surface area contributed by atoms with Gasteiger partial charge in [0.2, 0.25) is 0 Å². The summed E-state index contributed by atoms with van der Waals surface area (Å²) in [6.07, 6.45) is 0. The molecule has 1 aromatic heterocycles. The van der Waals surface area contributed by atoms with Crippen LogP contribution in [0, 0.1) is 0 Å². The topological polar surface area (TPSA) is 16.4 Å². The van der Waals surface area contributed by atoms with Crippen molar-refractivity contribution in [2.24, 2.45) is 0 Å². The zero-order valence-corrected chi connectivity index (χ0v) is 32.7. The van der Waals surface area contributed by atoms with Gasteiger partial charge in [0.05, 0.1) is 0 Å². The molecule has 12 aromatic rings. The van der Waals surface area contributed by atoms with Crippen molar-refractivity contribution >= 4 is 82.1 Å². The summed E-state index contributed by atoms with van der Waals surface area (Å²) >= 11 is 0. The van der Waals surface area contributed by atoms with Gasteiger partial charge in [-0.3, -0.25) is 0 Å². The molecule has 0 amide bonds. The highest BCUT2D eigenvalue weighted by Crippen LogP contribution is 2.43. The van der Waals surface area contributed by atoms with Crippen molar-refractivity contribution in [1.29, 1.82) is 0 Å². The Labute approximate surface area is 347 Å². The molecule has 12 rings (SSSR count). The van der Waals surface area contributed by atoms with Crippen molar-refractivity contribution in [3.8, 4) is 33.4 Å². The molecule has 0 unspecified atom stereocenters.